The van der Waals surface area contributed by atoms with Crippen LogP contribution in [0, 0.1) is 5.82 Å². The standard InChI is InChI=1S/C17H25FN2O3/c1-22-17-3-2-13(10-14(17)18)11-19-5-4-15(16(21)12-19)20-6-8-23-9-7-20/h2-3,10,15-16,21H,4-9,11-12H2,1H3/t15-,16-/m1/s1. The molecule has 5 nitrogen and oxygen atoms in total. The molecule has 23 heavy (non-hydrogen) atoms. The minimum absolute atomic E-state index is 0.211. The zero-order valence-corrected chi connectivity index (χ0v) is 13.6. The SMILES string of the molecule is COc1ccc(CN2CC[C@@H](N3CCOCC3)[C@H](O)C2)cc1F. The van der Waals surface area contributed by atoms with E-state index in [1.807, 2.05) is 6.07 Å². The van der Waals surface area contributed by atoms with Crippen molar-refractivity contribution in [3.63, 3.8) is 0 Å². The molecule has 6 heteroatoms. The summed E-state index contributed by atoms with van der Waals surface area (Å²) in [7, 11) is 1.46. The van der Waals surface area contributed by atoms with Gasteiger partial charge in [0.05, 0.1) is 26.4 Å². The van der Waals surface area contributed by atoms with E-state index in [4.69, 9.17) is 9.47 Å². The van der Waals surface area contributed by atoms with Crippen molar-refractivity contribution in [2.24, 2.45) is 0 Å². The molecule has 2 atom stereocenters. The molecule has 0 amide bonds. The van der Waals surface area contributed by atoms with Gasteiger partial charge in [0.1, 0.15) is 0 Å². The van der Waals surface area contributed by atoms with Gasteiger partial charge in [-0.1, -0.05) is 6.07 Å². The number of morpholine rings is 1. The van der Waals surface area contributed by atoms with E-state index in [9.17, 15) is 9.50 Å². The number of hydrogen-bond donors (Lipinski definition) is 1. The van der Waals surface area contributed by atoms with Crippen molar-refractivity contribution in [3.8, 4) is 5.75 Å². The Morgan fingerprint density at radius 3 is 2.74 bits per heavy atom. The van der Waals surface area contributed by atoms with Crippen LogP contribution < -0.4 is 4.74 Å². The Hall–Kier alpha value is -1.21. The van der Waals surface area contributed by atoms with Gasteiger partial charge in [-0.15, -0.1) is 0 Å². The molecule has 0 unspecified atom stereocenters. The van der Waals surface area contributed by atoms with Crippen molar-refractivity contribution in [2.45, 2.75) is 25.1 Å². The normalized spacial score (nSPS) is 27.1. The Balaban J connectivity index is 1.56. The van der Waals surface area contributed by atoms with Crippen molar-refractivity contribution in [1.29, 1.82) is 0 Å². The van der Waals surface area contributed by atoms with Gasteiger partial charge in [0.15, 0.2) is 11.6 Å². The summed E-state index contributed by atoms with van der Waals surface area (Å²) in [5, 5.41) is 10.5. The number of rotatable bonds is 4. The molecule has 1 N–H and O–H groups in total. The van der Waals surface area contributed by atoms with Crippen LogP contribution in [0.25, 0.3) is 0 Å². The van der Waals surface area contributed by atoms with E-state index in [0.717, 1.165) is 44.8 Å². The molecule has 2 heterocycles. The number of halogens is 1. The third kappa shape index (κ3) is 4.01. The molecule has 0 saturated carbocycles. The Kier molecular flexibility index (Phi) is 5.48. The highest BCUT2D eigenvalue weighted by molar-refractivity contribution is 5.29. The van der Waals surface area contributed by atoms with Crippen molar-refractivity contribution in [3.05, 3.63) is 29.6 Å². The van der Waals surface area contributed by atoms with Crippen molar-refractivity contribution < 1.29 is 19.0 Å². The van der Waals surface area contributed by atoms with Crippen LogP contribution in [-0.4, -0.2) is 73.6 Å². The highest BCUT2D eigenvalue weighted by Gasteiger charge is 2.32. The van der Waals surface area contributed by atoms with Crippen LogP contribution in [-0.2, 0) is 11.3 Å². The average Bonchev–Trinajstić information content (AvgIpc) is 2.56. The first-order valence-electron chi connectivity index (χ1n) is 8.22. The van der Waals surface area contributed by atoms with Crippen LogP contribution in [0.2, 0.25) is 0 Å². The van der Waals surface area contributed by atoms with Gasteiger partial charge in [0.25, 0.3) is 0 Å². The predicted molar refractivity (Wildman–Crippen MR) is 85.0 cm³/mol. The fourth-order valence-corrected chi connectivity index (χ4v) is 3.53. The number of ether oxygens (including phenoxy) is 2. The summed E-state index contributed by atoms with van der Waals surface area (Å²) in [6, 6.07) is 5.26. The largest absolute Gasteiger partial charge is 0.494 e. The molecule has 2 saturated heterocycles. The molecular weight excluding hydrogens is 299 g/mol. The van der Waals surface area contributed by atoms with Crippen LogP contribution in [0.15, 0.2) is 18.2 Å². The molecule has 0 aliphatic carbocycles. The minimum atomic E-state index is -0.370. The lowest BCUT2D eigenvalue weighted by Crippen LogP contribution is -2.56. The Morgan fingerprint density at radius 2 is 2.09 bits per heavy atom. The topological polar surface area (TPSA) is 45.2 Å². The number of hydrogen-bond acceptors (Lipinski definition) is 5. The quantitative estimate of drug-likeness (QED) is 0.899. The van der Waals surface area contributed by atoms with Gasteiger partial charge in [-0.2, -0.15) is 0 Å². The number of aliphatic hydroxyl groups excluding tert-OH is 1. The third-order valence-electron chi connectivity index (χ3n) is 4.77. The molecule has 1 aromatic rings. The highest BCUT2D eigenvalue weighted by Crippen LogP contribution is 2.22. The first-order chi connectivity index (χ1) is 11.2. The number of β-amino-alcohol motifs (C(OH)–C–C–N with tert-alkyl or cyclic N) is 1. The first kappa shape index (κ1) is 16.6. The number of nitrogens with zero attached hydrogens (tertiary/aromatic N) is 2. The fourth-order valence-electron chi connectivity index (χ4n) is 3.53. The molecular formula is C17H25FN2O3. The second-order valence-electron chi connectivity index (χ2n) is 6.28. The molecule has 0 aromatic heterocycles. The lowest BCUT2D eigenvalue weighted by atomic mass is 9.99. The number of methoxy groups -OCH3 is 1. The number of piperidine rings is 1. The predicted octanol–water partition coefficient (Wildman–Crippen LogP) is 1.10. The molecule has 2 aliphatic rings. The molecule has 2 aliphatic heterocycles. The Morgan fingerprint density at radius 1 is 1.30 bits per heavy atom. The van der Waals surface area contributed by atoms with E-state index >= 15 is 0 Å². The first-order valence-corrected chi connectivity index (χ1v) is 8.22. The minimum Gasteiger partial charge on any atom is -0.494 e. The maximum atomic E-state index is 13.8. The zero-order valence-electron chi connectivity index (χ0n) is 13.6. The third-order valence-corrected chi connectivity index (χ3v) is 4.77. The van der Waals surface area contributed by atoms with Gasteiger partial charge in [0.2, 0.25) is 0 Å². The van der Waals surface area contributed by atoms with Gasteiger partial charge in [-0.3, -0.25) is 9.80 Å². The van der Waals surface area contributed by atoms with Gasteiger partial charge < -0.3 is 14.6 Å². The van der Waals surface area contributed by atoms with Crippen LogP contribution in [0.3, 0.4) is 0 Å². The molecule has 0 spiro atoms. The zero-order chi connectivity index (χ0) is 16.2. The van der Waals surface area contributed by atoms with E-state index in [0.29, 0.717) is 13.1 Å². The maximum absolute atomic E-state index is 13.8. The summed E-state index contributed by atoms with van der Waals surface area (Å²) in [6.07, 6.45) is 0.560. The van der Waals surface area contributed by atoms with Gasteiger partial charge in [-0.05, 0) is 24.1 Å². The van der Waals surface area contributed by atoms with E-state index in [-0.39, 0.29) is 23.7 Å². The smallest absolute Gasteiger partial charge is 0.165 e. The summed E-state index contributed by atoms with van der Waals surface area (Å²) < 4.78 is 24.1. The van der Waals surface area contributed by atoms with Crippen LogP contribution >= 0.6 is 0 Å². The van der Waals surface area contributed by atoms with Crippen molar-refractivity contribution in [1.82, 2.24) is 9.80 Å². The van der Waals surface area contributed by atoms with E-state index in [1.54, 1.807) is 6.07 Å². The van der Waals surface area contributed by atoms with Crippen molar-refractivity contribution >= 4 is 0 Å². The van der Waals surface area contributed by atoms with Crippen LogP contribution in [0.4, 0.5) is 4.39 Å². The summed E-state index contributed by atoms with van der Waals surface area (Å²) in [4.78, 5) is 4.52. The monoisotopic (exact) mass is 324 g/mol. The molecule has 0 radical (unpaired) electrons. The second-order valence-corrected chi connectivity index (χ2v) is 6.28. The van der Waals surface area contributed by atoms with Crippen LogP contribution in [0.5, 0.6) is 5.75 Å². The Labute approximate surface area is 136 Å². The maximum Gasteiger partial charge on any atom is 0.165 e. The number of likely N-dealkylation sites (tertiary alicyclic amines) is 1. The van der Waals surface area contributed by atoms with Gasteiger partial charge >= 0.3 is 0 Å². The lowest BCUT2D eigenvalue weighted by molar-refractivity contribution is -0.0534. The van der Waals surface area contributed by atoms with Gasteiger partial charge in [0, 0.05) is 38.8 Å². The number of aliphatic hydroxyl groups is 1. The molecule has 2 fully saturated rings. The van der Waals surface area contributed by atoms with Crippen molar-refractivity contribution in [2.75, 3.05) is 46.5 Å². The molecule has 1 aromatic carbocycles. The Bertz CT molecular complexity index is 523. The number of benzene rings is 1. The van der Waals surface area contributed by atoms with E-state index < -0.39 is 0 Å². The van der Waals surface area contributed by atoms with Gasteiger partial charge in [-0.25, -0.2) is 4.39 Å². The summed E-state index contributed by atoms with van der Waals surface area (Å²) >= 11 is 0. The molecule has 3 rings (SSSR count). The summed E-state index contributed by atoms with van der Waals surface area (Å²) in [5.41, 5.74) is 0.903. The van der Waals surface area contributed by atoms with E-state index in [2.05, 4.69) is 9.80 Å². The lowest BCUT2D eigenvalue weighted by Gasteiger charge is -2.43. The fraction of sp³-hybridized carbons (Fsp3) is 0.647. The van der Waals surface area contributed by atoms with E-state index in [1.165, 1.54) is 13.2 Å². The summed E-state index contributed by atoms with van der Waals surface area (Å²) in [6.45, 7) is 5.46. The molecule has 0 bridgehead atoms. The average molecular weight is 324 g/mol. The van der Waals surface area contributed by atoms with Crippen LogP contribution in [0.1, 0.15) is 12.0 Å². The second kappa shape index (κ2) is 7.57. The summed E-state index contributed by atoms with van der Waals surface area (Å²) in [5.74, 6) is -0.0754. The molecule has 128 valence electrons. The highest BCUT2D eigenvalue weighted by atomic mass is 19.1.